The summed E-state index contributed by atoms with van der Waals surface area (Å²) < 4.78 is 5.51. The Morgan fingerprint density at radius 2 is 1.64 bits per heavy atom. The van der Waals surface area contributed by atoms with Crippen molar-refractivity contribution in [3.8, 4) is 0 Å². The van der Waals surface area contributed by atoms with Gasteiger partial charge in [0, 0.05) is 19.3 Å². The molecule has 0 rings (SSSR count). The second kappa shape index (κ2) is 11.0. The van der Waals surface area contributed by atoms with E-state index in [1.807, 2.05) is 6.92 Å². The van der Waals surface area contributed by atoms with E-state index in [0.717, 1.165) is 26.1 Å². The van der Waals surface area contributed by atoms with E-state index in [2.05, 4.69) is 6.92 Å². The van der Waals surface area contributed by atoms with Crippen LogP contribution in [0.5, 0.6) is 0 Å². The first-order chi connectivity index (χ1) is 6.77. The van der Waals surface area contributed by atoms with Crippen LogP contribution in [0.25, 0.3) is 0 Å². The van der Waals surface area contributed by atoms with Gasteiger partial charge < -0.3 is 10.5 Å². The molecule has 0 amide bonds. The number of nitrogens with two attached hydrogens (primary N) is 1. The van der Waals surface area contributed by atoms with Crippen molar-refractivity contribution in [2.24, 2.45) is 5.73 Å². The molecule has 0 aromatic carbocycles. The van der Waals surface area contributed by atoms with Gasteiger partial charge in [-0.05, 0) is 26.2 Å². The highest BCUT2D eigenvalue weighted by Crippen LogP contribution is 2.02. The van der Waals surface area contributed by atoms with Crippen molar-refractivity contribution in [2.75, 3.05) is 13.2 Å². The van der Waals surface area contributed by atoms with Gasteiger partial charge in [-0.15, -0.1) is 0 Å². The maximum Gasteiger partial charge on any atom is 0.0466 e. The highest BCUT2D eigenvalue weighted by Gasteiger charge is 1.94. The van der Waals surface area contributed by atoms with E-state index in [-0.39, 0.29) is 0 Å². The molecule has 0 fully saturated rings. The topological polar surface area (TPSA) is 35.2 Å². The fraction of sp³-hybridized carbons (Fsp3) is 1.00. The third-order valence-electron chi connectivity index (χ3n) is 2.34. The summed E-state index contributed by atoms with van der Waals surface area (Å²) in [7, 11) is 0. The Bertz CT molecular complexity index is 104. The fourth-order valence-electron chi connectivity index (χ4n) is 1.42. The Morgan fingerprint density at radius 3 is 2.29 bits per heavy atom. The summed E-state index contributed by atoms with van der Waals surface area (Å²) in [5.41, 5.74) is 5.63. The largest absolute Gasteiger partial charge is 0.381 e. The van der Waals surface area contributed by atoms with Crippen LogP contribution in [0.1, 0.15) is 58.8 Å². The quantitative estimate of drug-likeness (QED) is 0.551. The molecule has 0 bridgehead atoms. The summed E-state index contributed by atoms with van der Waals surface area (Å²) >= 11 is 0. The molecule has 86 valence electrons. The van der Waals surface area contributed by atoms with Gasteiger partial charge in [-0.2, -0.15) is 0 Å². The number of hydrogen-bond acceptors (Lipinski definition) is 2. The molecule has 0 spiro atoms. The van der Waals surface area contributed by atoms with Crippen molar-refractivity contribution in [1.82, 2.24) is 0 Å². The summed E-state index contributed by atoms with van der Waals surface area (Å²) in [4.78, 5) is 0. The van der Waals surface area contributed by atoms with Crippen LogP contribution >= 0.6 is 0 Å². The van der Waals surface area contributed by atoms with Crippen molar-refractivity contribution in [3.63, 3.8) is 0 Å². The molecule has 2 heteroatoms. The predicted molar refractivity (Wildman–Crippen MR) is 62.5 cm³/mol. The van der Waals surface area contributed by atoms with Gasteiger partial charge in [0.2, 0.25) is 0 Å². The Hall–Kier alpha value is -0.0800. The maximum absolute atomic E-state index is 5.63. The summed E-state index contributed by atoms with van der Waals surface area (Å²) in [6.45, 7) is 6.10. The number of rotatable bonds is 10. The zero-order valence-corrected chi connectivity index (χ0v) is 9.93. The first-order valence-corrected chi connectivity index (χ1v) is 6.10. The lowest BCUT2D eigenvalue weighted by Crippen LogP contribution is -2.15. The average molecular weight is 201 g/mol. The van der Waals surface area contributed by atoms with Crippen LogP contribution in [0, 0.1) is 0 Å². The van der Waals surface area contributed by atoms with Gasteiger partial charge in [0.1, 0.15) is 0 Å². The highest BCUT2D eigenvalue weighted by atomic mass is 16.5. The van der Waals surface area contributed by atoms with Crippen LogP contribution in [0.2, 0.25) is 0 Å². The predicted octanol–water partition coefficient (Wildman–Crippen LogP) is 3.10. The van der Waals surface area contributed by atoms with Crippen molar-refractivity contribution in [2.45, 2.75) is 64.8 Å². The molecule has 0 heterocycles. The lowest BCUT2D eigenvalue weighted by molar-refractivity contribution is 0.125. The molecule has 2 N–H and O–H groups in total. The van der Waals surface area contributed by atoms with Gasteiger partial charge in [-0.3, -0.25) is 0 Å². The van der Waals surface area contributed by atoms with Crippen molar-refractivity contribution >= 4 is 0 Å². The van der Waals surface area contributed by atoms with Gasteiger partial charge in [-0.1, -0.05) is 32.6 Å². The summed E-state index contributed by atoms with van der Waals surface area (Å²) in [6.07, 6.45) is 8.77. The zero-order valence-electron chi connectivity index (χ0n) is 9.93. The molecule has 1 atom stereocenters. The van der Waals surface area contributed by atoms with Gasteiger partial charge >= 0.3 is 0 Å². The van der Waals surface area contributed by atoms with E-state index in [1.54, 1.807) is 0 Å². The molecule has 0 aromatic heterocycles. The van der Waals surface area contributed by atoms with Crippen LogP contribution in [-0.2, 0) is 4.74 Å². The molecule has 0 aliphatic heterocycles. The normalized spacial score (nSPS) is 13.1. The number of unbranched alkanes of at least 4 members (excludes halogenated alkanes) is 4. The summed E-state index contributed by atoms with van der Waals surface area (Å²) in [6, 6.07) is 0.322. The first-order valence-electron chi connectivity index (χ1n) is 6.10. The first kappa shape index (κ1) is 13.9. The third-order valence-corrected chi connectivity index (χ3v) is 2.34. The molecule has 0 saturated carbocycles. The van der Waals surface area contributed by atoms with Crippen molar-refractivity contribution < 1.29 is 4.74 Å². The Labute approximate surface area is 89.2 Å². The molecular weight excluding hydrogens is 174 g/mol. The molecular formula is C12H27NO. The number of ether oxygens (including phenoxy) is 1. The molecule has 0 radical (unpaired) electrons. The second-order valence-corrected chi connectivity index (χ2v) is 4.15. The molecule has 0 aliphatic rings. The Balaban J connectivity index is 2.85. The standard InChI is InChI=1S/C12H27NO/c1-3-4-5-6-7-10-14-11-8-9-12(2)13/h12H,3-11,13H2,1-2H3. The SMILES string of the molecule is CCCCCCCOCCCC(C)N. The van der Waals surface area contributed by atoms with E-state index < -0.39 is 0 Å². The van der Waals surface area contributed by atoms with E-state index in [0.29, 0.717) is 6.04 Å². The van der Waals surface area contributed by atoms with E-state index in [9.17, 15) is 0 Å². The molecule has 2 nitrogen and oxygen atoms in total. The van der Waals surface area contributed by atoms with E-state index >= 15 is 0 Å². The second-order valence-electron chi connectivity index (χ2n) is 4.15. The fourth-order valence-corrected chi connectivity index (χ4v) is 1.42. The van der Waals surface area contributed by atoms with Gasteiger partial charge in [-0.25, -0.2) is 0 Å². The lowest BCUT2D eigenvalue weighted by atomic mass is 10.2. The smallest absolute Gasteiger partial charge is 0.0466 e. The molecule has 14 heavy (non-hydrogen) atoms. The zero-order chi connectivity index (χ0) is 10.6. The maximum atomic E-state index is 5.63. The molecule has 0 saturated heterocycles. The Morgan fingerprint density at radius 1 is 1.00 bits per heavy atom. The molecule has 0 aromatic rings. The average Bonchev–Trinajstić information content (AvgIpc) is 2.15. The van der Waals surface area contributed by atoms with Crippen molar-refractivity contribution in [1.29, 1.82) is 0 Å². The van der Waals surface area contributed by atoms with Gasteiger partial charge in [0.25, 0.3) is 0 Å². The lowest BCUT2D eigenvalue weighted by Gasteiger charge is -2.05. The minimum absolute atomic E-state index is 0.322. The minimum Gasteiger partial charge on any atom is -0.381 e. The summed E-state index contributed by atoms with van der Waals surface area (Å²) in [5, 5.41) is 0. The van der Waals surface area contributed by atoms with E-state index in [1.165, 1.54) is 32.1 Å². The molecule has 1 unspecified atom stereocenters. The van der Waals surface area contributed by atoms with Gasteiger partial charge in [0.15, 0.2) is 0 Å². The number of hydrogen-bond donors (Lipinski definition) is 1. The van der Waals surface area contributed by atoms with Crippen LogP contribution in [0.3, 0.4) is 0 Å². The molecule has 0 aliphatic carbocycles. The van der Waals surface area contributed by atoms with Crippen molar-refractivity contribution in [3.05, 3.63) is 0 Å². The van der Waals surface area contributed by atoms with Crippen LogP contribution in [0.15, 0.2) is 0 Å². The minimum atomic E-state index is 0.322. The third kappa shape index (κ3) is 11.9. The van der Waals surface area contributed by atoms with Crippen LogP contribution in [0.4, 0.5) is 0 Å². The highest BCUT2D eigenvalue weighted by molar-refractivity contribution is 4.51. The van der Waals surface area contributed by atoms with Crippen LogP contribution < -0.4 is 5.73 Å². The Kier molecular flexibility index (Phi) is 10.9. The van der Waals surface area contributed by atoms with Gasteiger partial charge in [0.05, 0.1) is 0 Å². The monoisotopic (exact) mass is 201 g/mol. The van der Waals surface area contributed by atoms with E-state index in [4.69, 9.17) is 10.5 Å². The van der Waals surface area contributed by atoms with Crippen LogP contribution in [-0.4, -0.2) is 19.3 Å². The summed E-state index contributed by atoms with van der Waals surface area (Å²) in [5.74, 6) is 0.